The first-order chi connectivity index (χ1) is 9.92. The number of aromatic hydroxyl groups is 1. The quantitative estimate of drug-likeness (QED) is 0.855. The van der Waals surface area contributed by atoms with Gasteiger partial charge < -0.3 is 15.2 Å². The topological polar surface area (TPSA) is 41.5 Å². The molecular weight excluding hydrogens is 282 g/mol. The monoisotopic (exact) mass is 305 g/mol. The molecule has 0 saturated carbocycles. The van der Waals surface area contributed by atoms with Crippen LogP contribution in [-0.2, 0) is 0 Å². The molecule has 0 radical (unpaired) electrons. The predicted octanol–water partition coefficient (Wildman–Crippen LogP) is 4.49. The van der Waals surface area contributed by atoms with Crippen LogP contribution in [0.25, 0.3) is 0 Å². The summed E-state index contributed by atoms with van der Waals surface area (Å²) < 4.78 is 5.23. The number of benzene rings is 1. The van der Waals surface area contributed by atoms with Gasteiger partial charge in [-0.25, -0.2) is 0 Å². The maximum Gasteiger partial charge on any atom is 0.120 e. The smallest absolute Gasteiger partial charge is 0.120 e. The van der Waals surface area contributed by atoms with Crippen molar-refractivity contribution >= 4 is 11.3 Å². The maximum absolute atomic E-state index is 10.0. The third-order valence-electron chi connectivity index (χ3n) is 3.75. The van der Waals surface area contributed by atoms with Crippen molar-refractivity contribution in [1.82, 2.24) is 5.32 Å². The molecule has 0 amide bonds. The summed E-state index contributed by atoms with van der Waals surface area (Å²) in [7, 11) is 1.63. The fourth-order valence-electron chi connectivity index (χ4n) is 2.64. The van der Waals surface area contributed by atoms with Crippen LogP contribution in [0.2, 0.25) is 0 Å². The molecule has 0 aliphatic carbocycles. The first-order valence-corrected chi connectivity index (χ1v) is 7.94. The second kappa shape index (κ2) is 6.50. The van der Waals surface area contributed by atoms with Crippen LogP contribution in [0.4, 0.5) is 0 Å². The summed E-state index contributed by atoms with van der Waals surface area (Å²) in [5.41, 5.74) is 2.18. The largest absolute Gasteiger partial charge is 0.508 e. The molecule has 2 atom stereocenters. The lowest BCUT2D eigenvalue weighted by Crippen LogP contribution is -2.22. The molecule has 3 nitrogen and oxygen atoms in total. The zero-order valence-corrected chi connectivity index (χ0v) is 14.0. The van der Waals surface area contributed by atoms with E-state index in [-0.39, 0.29) is 12.1 Å². The average Bonchev–Trinajstić information content (AvgIpc) is 2.78. The Kier molecular flexibility index (Phi) is 4.91. The number of hydrogen-bond donors (Lipinski definition) is 2. The molecule has 4 heteroatoms. The zero-order valence-electron chi connectivity index (χ0n) is 13.2. The molecule has 114 valence electrons. The van der Waals surface area contributed by atoms with Crippen molar-refractivity contribution in [3.63, 3.8) is 0 Å². The summed E-state index contributed by atoms with van der Waals surface area (Å²) in [6.07, 6.45) is 0. The summed E-state index contributed by atoms with van der Waals surface area (Å²) >= 11 is 1.82. The molecular formula is C17H23NO2S. The summed E-state index contributed by atoms with van der Waals surface area (Å²) in [5.74, 6) is 1.05. The molecule has 0 aliphatic rings. The molecule has 1 aromatic heterocycles. The van der Waals surface area contributed by atoms with E-state index in [1.54, 1.807) is 19.2 Å². The van der Waals surface area contributed by atoms with Gasteiger partial charge in [0.15, 0.2) is 0 Å². The molecule has 0 spiro atoms. The normalized spacial score (nSPS) is 14.0. The SMILES string of the molecule is COc1ccc(O)c(C(C)NC(C)c2cc(C)sc2C)c1. The van der Waals surface area contributed by atoms with Gasteiger partial charge in [0.2, 0.25) is 0 Å². The number of rotatable bonds is 5. The van der Waals surface area contributed by atoms with Crippen LogP contribution in [0.3, 0.4) is 0 Å². The number of ether oxygens (including phenoxy) is 1. The number of hydrogen-bond acceptors (Lipinski definition) is 4. The third-order valence-corrected chi connectivity index (χ3v) is 4.73. The van der Waals surface area contributed by atoms with E-state index in [2.05, 4.69) is 39.1 Å². The minimum absolute atomic E-state index is 0.0368. The van der Waals surface area contributed by atoms with Gasteiger partial charge in [0.25, 0.3) is 0 Å². The Morgan fingerprint density at radius 1 is 1.10 bits per heavy atom. The van der Waals surface area contributed by atoms with Crippen molar-refractivity contribution in [3.05, 3.63) is 45.1 Å². The molecule has 1 heterocycles. The van der Waals surface area contributed by atoms with Crippen LogP contribution in [-0.4, -0.2) is 12.2 Å². The van der Waals surface area contributed by atoms with Crippen LogP contribution in [0.1, 0.15) is 46.8 Å². The van der Waals surface area contributed by atoms with Gasteiger partial charge in [0, 0.05) is 27.4 Å². The Bertz CT molecular complexity index is 621. The maximum atomic E-state index is 10.0. The van der Waals surface area contributed by atoms with Crippen molar-refractivity contribution in [2.45, 2.75) is 39.8 Å². The van der Waals surface area contributed by atoms with Crippen molar-refractivity contribution in [2.24, 2.45) is 0 Å². The van der Waals surface area contributed by atoms with Gasteiger partial charge in [-0.05, 0) is 57.5 Å². The lowest BCUT2D eigenvalue weighted by Gasteiger charge is -2.21. The van der Waals surface area contributed by atoms with Gasteiger partial charge in [-0.15, -0.1) is 11.3 Å². The molecule has 21 heavy (non-hydrogen) atoms. The Morgan fingerprint density at radius 2 is 1.76 bits per heavy atom. The lowest BCUT2D eigenvalue weighted by atomic mass is 10.0. The summed E-state index contributed by atoms with van der Waals surface area (Å²) in [5, 5.41) is 13.6. The van der Waals surface area contributed by atoms with E-state index in [9.17, 15) is 5.11 Å². The van der Waals surface area contributed by atoms with Crippen LogP contribution >= 0.6 is 11.3 Å². The van der Waals surface area contributed by atoms with Gasteiger partial charge in [-0.1, -0.05) is 0 Å². The van der Waals surface area contributed by atoms with E-state index in [1.165, 1.54) is 15.3 Å². The molecule has 0 bridgehead atoms. The molecule has 0 aliphatic heterocycles. The second-order valence-corrected chi connectivity index (χ2v) is 6.86. The minimum Gasteiger partial charge on any atom is -0.508 e. The molecule has 2 rings (SSSR count). The van der Waals surface area contributed by atoms with Crippen molar-refractivity contribution in [3.8, 4) is 11.5 Å². The van der Waals surface area contributed by atoms with E-state index in [1.807, 2.05) is 17.4 Å². The van der Waals surface area contributed by atoms with Crippen molar-refractivity contribution < 1.29 is 9.84 Å². The molecule has 2 aromatic rings. The molecule has 1 aromatic carbocycles. The first kappa shape index (κ1) is 15.9. The van der Waals surface area contributed by atoms with Gasteiger partial charge in [0.05, 0.1) is 7.11 Å². The van der Waals surface area contributed by atoms with E-state index < -0.39 is 0 Å². The highest BCUT2D eigenvalue weighted by Gasteiger charge is 2.17. The van der Waals surface area contributed by atoms with Gasteiger partial charge in [-0.3, -0.25) is 0 Å². The standard InChI is InChI=1S/C17H23NO2S/c1-10-8-15(13(4)21-10)11(2)18-12(3)16-9-14(20-5)6-7-17(16)19/h6-9,11-12,18-19H,1-5H3. The number of methoxy groups -OCH3 is 1. The second-order valence-electron chi connectivity index (χ2n) is 5.40. The van der Waals surface area contributed by atoms with E-state index in [0.717, 1.165) is 11.3 Å². The summed E-state index contributed by atoms with van der Waals surface area (Å²) in [4.78, 5) is 2.67. The molecule has 2 unspecified atom stereocenters. The highest BCUT2D eigenvalue weighted by molar-refractivity contribution is 7.12. The number of nitrogens with one attached hydrogen (secondary N) is 1. The number of phenols is 1. The predicted molar refractivity (Wildman–Crippen MR) is 88.4 cm³/mol. The Labute approximate surface area is 130 Å². The van der Waals surface area contributed by atoms with Crippen LogP contribution in [0.5, 0.6) is 11.5 Å². The van der Waals surface area contributed by atoms with Crippen LogP contribution in [0.15, 0.2) is 24.3 Å². The molecule has 2 N–H and O–H groups in total. The van der Waals surface area contributed by atoms with Gasteiger partial charge in [0.1, 0.15) is 11.5 Å². The number of aryl methyl sites for hydroxylation is 2. The first-order valence-electron chi connectivity index (χ1n) is 7.12. The highest BCUT2D eigenvalue weighted by Crippen LogP contribution is 2.32. The van der Waals surface area contributed by atoms with Gasteiger partial charge >= 0.3 is 0 Å². The van der Waals surface area contributed by atoms with Crippen LogP contribution in [0, 0.1) is 13.8 Å². The van der Waals surface area contributed by atoms with Gasteiger partial charge in [-0.2, -0.15) is 0 Å². The number of phenolic OH excluding ortho intramolecular Hbond substituents is 1. The van der Waals surface area contributed by atoms with E-state index >= 15 is 0 Å². The summed E-state index contributed by atoms with van der Waals surface area (Å²) in [6, 6.07) is 7.82. The molecule has 0 fully saturated rings. The van der Waals surface area contributed by atoms with Crippen LogP contribution < -0.4 is 10.1 Å². The zero-order chi connectivity index (χ0) is 15.6. The Hall–Kier alpha value is -1.52. The number of thiophene rings is 1. The minimum atomic E-state index is 0.0368. The third kappa shape index (κ3) is 3.57. The lowest BCUT2D eigenvalue weighted by molar-refractivity contribution is 0.405. The van der Waals surface area contributed by atoms with Crippen molar-refractivity contribution in [2.75, 3.05) is 7.11 Å². The van der Waals surface area contributed by atoms with Crippen molar-refractivity contribution in [1.29, 1.82) is 0 Å². The fourth-order valence-corrected chi connectivity index (χ4v) is 3.66. The fraction of sp³-hybridized carbons (Fsp3) is 0.412. The average molecular weight is 305 g/mol. The molecule has 0 saturated heterocycles. The Morgan fingerprint density at radius 3 is 2.33 bits per heavy atom. The summed E-state index contributed by atoms with van der Waals surface area (Å²) in [6.45, 7) is 8.49. The highest BCUT2D eigenvalue weighted by atomic mass is 32.1. The Balaban J connectivity index is 2.17. The van der Waals surface area contributed by atoms with E-state index in [4.69, 9.17) is 4.74 Å². The van der Waals surface area contributed by atoms with E-state index in [0.29, 0.717) is 5.75 Å².